The molecule has 5 nitrogen and oxygen atoms in total. The quantitative estimate of drug-likeness (QED) is 0.833. The summed E-state index contributed by atoms with van der Waals surface area (Å²) in [5.74, 6) is -0.872. The molecule has 2 rings (SSSR count). The van der Waals surface area contributed by atoms with Crippen molar-refractivity contribution in [1.29, 1.82) is 0 Å². The zero-order valence-corrected chi connectivity index (χ0v) is 11.1. The first-order valence-electron chi connectivity index (χ1n) is 6.58. The molecule has 19 heavy (non-hydrogen) atoms. The van der Waals surface area contributed by atoms with Crippen LogP contribution in [0.3, 0.4) is 0 Å². The van der Waals surface area contributed by atoms with E-state index in [9.17, 15) is 9.59 Å². The molecule has 1 heterocycles. The van der Waals surface area contributed by atoms with Crippen molar-refractivity contribution in [1.82, 2.24) is 4.57 Å². The summed E-state index contributed by atoms with van der Waals surface area (Å²) in [5.41, 5.74) is 2.84. The highest BCUT2D eigenvalue weighted by Gasteiger charge is 2.19. The monoisotopic (exact) mass is 265 g/mol. The molecule has 1 aromatic rings. The zero-order chi connectivity index (χ0) is 13.8. The van der Waals surface area contributed by atoms with Crippen LogP contribution < -0.4 is 5.56 Å². The Bertz CT molecular complexity index is 533. The summed E-state index contributed by atoms with van der Waals surface area (Å²) in [6.07, 6.45) is 3.26. The van der Waals surface area contributed by atoms with Gasteiger partial charge in [0.2, 0.25) is 0 Å². The van der Waals surface area contributed by atoms with Crippen LogP contribution in [-0.2, 0) is 35.3 Å². The van der Waals surface area contributed by atoms with Crippen LogP contribution in [0.15, 0.2) is 10.9 Å². The van der Waals surface area contributed by atoms with Gasteiger partial charge in [0.1, 0.15) is 0 Å². The maximum Gasteiger partial charge on any atom is 0.303 e. The van der Waals surface area contributed by atoms with Gasteiger partial charge in [-0.2, -0.15) is 0 Å². The highest BCUT2D eigenvalue weighted by atomic mass is 16.5. The molecule has 0 saturated carbocycles. The Hall–Kier alpha value is -1.62. The lowest BCUT2D eigenvalue weighted by Gasteiger charge is -2.14. The highest BCUT2D eigenvalue weighted by Crippen LogP contribution is 2.21. The second-order valence-electron chi connectivity index (χ2n) is 4.84. The number of carboxylic acids is 1. The fourth-order valence-electron chi connectivity index (χ4n) is 2.62. The molecule has 1 aliphatic rings. The van der Waals surface area contributed by atoms with Gasteiger partial charge >= 0.3 is 5.97 Å². The summed E-state index contributed by atoms with van der Waals surface area (Å²) in [7, 11) is 1.61. The average Bonchev–Trinajstić information content (AvgIpc) is 2.83. The third-order valence-corrected chi connectivity index (χ3v) is 3.55. The average molecular weight is 265 g/mol. The molecule has 0 bridgehead atoms. The lowest BCUT2D eigenvalue weighted by Crippen LogP contribution is -2.28. The molecule has 1 aromatic heterocycles. The second-order valence-corrected chi connectivity index (χ2v) is 4.84. The predicted molar refractivity (Wildman–Crippen MR) is 70.6 cm³/mol. The molecule has 5 heteroatoms. The number of carboxylic acid groups (broad SMARTS) is 1. The molecule has 0 amide bonds. The first kappa shape index (κ1) is 13.8. The number of aryl methyl sites for hydroxylation is 2. The lowest BCUT2D eigenvalue weighted by molar-refractivity contribution is -0.136. The largest absolute Gasteiger partial charge is 0.481 e. The smallest absolute Gasteiger partial charge is 0.303 e. The van der Waals surface area contributed by atoms with Gasteiger partial charge in [0.05, 0.1) is 6.61 Å². The summed E-state index contributed by atoms with van der Waals surface area (Å²) in [4.78, 5) is 23.0. The Labute approximate surface area is 111 Å². The van der Waals surface area contributed by atoms with Crippen molar-refractivity contribution in [3.8, 4) is 0 Å². The molecule has 0 saturated heterocycles. The third-order valence-electron chi connectivity index (χ3n) is 3.55. The number of fused-ring (bicyclic) bond motifs is 1. The fourth-order valence-corrected chi connectivity index (χ4v) is 2.62. The molecule has 0 aliphatic heterocycles. The Kier molecular flexibility index (Phi) is 4.37. The van der Waals surface area contributed by atoms with Crippen LogP contribution in [0.4, 0.5) is 0 Å². The highest BCUT2D eigenvalue weighted by molar-refractivity contribution is 5.67. The van der Waals surface area contributed by atoms with Crippen LogP contribution in [0.2, 0.25) is 0 Å². The van der Waals surface area contributed by atoms with Gasteiger partial charge in [-0.1, -0.05) is 0 Å². The molecule has 0 aromatic carbocycles. The topological polar surface area (TPSA) is 68.5 Å². The van der Waals surface area contributed by atoms with E-state index in [1.807, 2.05) is 6.07 Å². The molecule has 0 unspecified atom stereocenters. The van der Waals surface area contributed by atoms with Gasteiger partial charge in [0.15, 0.2) is 0 Å². The Morgan fingerprint density at radius 2 is 2.26 bits per heavy atom. The summed E-state index contributed by atoms with van der Waals surface area (Å²) >= 11 is 0. The lowest BCUT2D eigenvalue weighted by atomic mass is 10.1. The molecule has 0 radical (unpaired) electrons. The fraction of sp³-hybridized carbons (Fsp3) is 0.571. The number of hydrogen-bond donors (Lipinski definition) is 1. The van der Waals surface area contributed by atoms with E-state index in [-0.39, 0.29) is 12.0 Å². The van der Waals surface area contributed by atoms with Crippen molar-refractivity contribution in [2.24, 2.45) is 0 Å². The number of hydrogen-bond acceptors (Lipinski definition) is 3. The van der Waals surface area contributed by atoms with Gasteiger partial charge in [-0.25, -0.2) is 0 Å². The van der Waals surface area contributed by atoms with E-state index in [4.69, 9.17) is 9.84 Å². The van der Waals surface area contributed by atoms with Gasteiger partial charge in [-0.3, -0.25) is 9.59 Å². The molecular weight excluding hydrogens is 246 g/mol. The molecule has 1 N–H and O–H groups in total. The van der Waals surface area contributed by atoms with Crippen molar-refractivity contribution < 1.29 is 14.6 Å². The van der Waals surface area contributed by atoms with Crippen molar-refractivity contribution in [2.45, 2.75) is 38.6 Å². The predicted octanol–water partition coefficient (Wildman–Crippen LogP) is 1.00. The van der Waals surface area contributed by atoms with E-state index in [0.29, 0.717) is 25.1 Å². The number of rotatable bonds is 6. The minimum absolute atomic E-state index is 0.00168. The van der Waals surface area contributed by atoms with Gasteiger partial charge in [0, 0.05) is 31.3 Å². The van der Waals surface area contributed by atoms with Crippen LogP contribution in [0, 0.1) is 0 Å². The maximum atomic E-state index is 12.4. The van der Waals surface area contributed by atoms with Gasteiger partial charge in [-0.15, -0.1) is 0 Å². The van der Waals surface area contributed by atoms with Crippen LogP contribution in [0.25, 0.3) is 0 Å². The standard InChI is InChI=1S/C14H19NO4/c1-19-8-7-15-12-4-2-3-10(12)9-11(14(15)18)5-6-13(16)17/h9H,2-8H2,1H3,(H,16,17). The number of aromatic nitrogens is 1. The Morgan fingerprint density at radius 1 is 1.47 bits per heavy atom. The first-order chi connectivity index (χ1) is 9.13. The van der Waals surface area contributed by atoms with Gasteiger partial charge < -0.3 is 14.4 Å². The number of nitrogens with zero attached hydrogens (tertiary/aromatic N) is 1. The number of methoxy groups -OCH3 is 1. The molecule has 0 spiro atoms. The second kappa shape index (κ2) is 6.02. The summed E-state index contributed by atoms with van der Waals surface area (Å²) < 4.78 is 6.81. The summed E-state index contributed by atoms with van der Waals surface area (Å²) in [6.45, 7) is 1.04. The van der Waals surface area contributed by atoms with Crippen molar-refractivity contribution >= 4 is 5.97 Å². The van der Waals surface area contributed by atoms with Gasteiger partial charge in [-0.05, 0) is 37.3 Å². The van der Waals surface area contributed by atoms with Crippen LogP contribution in [-0.4, -0.2) is 29.4 Å². The summed E-state index contributed by atoms with van der Waals surface area (Å²) in [6, 6.07) is 1.90. The number of pyridine rings is 1. The van der Waals surface area contributed by atoms with Crippen LogP contribution in [0.5, 0.6) is 0 Å². The molecule has 104 valence electrons. The van der Waals surface area contributed by atoms with E-state index in [1.54, 1.807) is 11.7 Å². The Balaban J connectivity index is 2.34. The number of carbonyl (C=O) groups is 1. The van der Waals surface area contributed by atoms with E-state index in [1.165, 1.54) is 5.56 Å². The van der Waals surface area contributed by atoms with Crippen LogP contribution >= 0.6 is 0 Å². The summed E-state index contributed by atoms with van der Waals surface area (Å²) in [5, 5.41) is 8.74. The Morgan fingerprint density at radius 3 is 2.95 bits per heavy atom. The van der Waals surface area contributed by atoms with Crippen molar-refractivity contribution in [2.75, 3.05) is 13.7 Å². The number of aliphatic carboxylic acids is 1. The van der Waals surface area contributed by atoms with Gasteiger partial charge in [0.25, 0.3) is 5.56 Å². The van der Waals surface area contributed by atoms with E-state index in [2.05, 4.69) is 0 Å². The van der Waals surface area contributed by atoms with Crippen LogP contribution in [0.1, 0.15) is 29.7 Å². The van der Waals surface area contributed by atoms with E-state index < -0.39 is 5.97 Å². The minimum atomic E-state index is -0.872. The maximum absolute atomic E-state index is 12.4. The van der Waals surface area contributed by atoms with E-state index >= 15 is 0 Å². The normalized spacial score (nSPS) is 13.5. The molecule has 0 fully saturated rings. The van der Waals surface area contributed by atoms with Crippen molar-refractivity contribution in [3.63, 3.8) is 0 Å². The number of ether oxygens (including phenoxy) is 1. The SMILES string of the molecule is COCCn1c2c(cc(CCC(=O)O)c1=O)CCC2. The first-order valence-corrected chi connectivity index (χ1v) is 6.58. The third kappa shape index (κ3) is 3.04. The van der Waals surface area contributed by atoms with E-state index in [0.717, 1.165) is 25.0 Å². The zero-order valence-electron chi connectivity index (χ0n) is 11.1. The molecule has 1 aliphatic carbocycles. The van der Waals surface area contributed by atoms with Crippen molar-refractivity contribution in [3.05, 3.63) is 33.2 Å². The molecule has 0 atom stereocenters. The molecular formula is C14H19NO4. The minimum Gasteiger partial charge on any atom is -0.481 e.